The molecule has 0 aliphatic rings. The Bertz CT molecular complexity index is 427. The normalized spacial score (nSPS) is 12.6. The molecule has 0 radical (unpaired) electrons. The molecule has 19 heavy (non-hydrogen) atoms. The fourth-order valence-corrected chi connectivity index (χ4v) is 1.90. The standard InChI is InChI=1S/C13H18F2N2OS/c1-8(2)9(3)16-13(18)17-10-6-4-5-7-11(10)19-12(14)15/h4-9,12H,1-3H3,(H2,16,17,18)/t9-/m0/s1. The Labute approximate surface area is 116 Å². The molecule has 0 spiro atoms. The van der Waals surface area contributed by atoms with E-state index in [1.165, 1.54) is 0 Å². The summed E-state index contributed by atoms with van der Waals surface area (Å²) in [6, 6.07) is 6.13. The molecule has 3 nitrogen and oxygen atoms in total. The Hall–Kier alpha value is -1.30. The summed E-state index contributed by atoms with van der Waals surface area (Å²) in [7, 11) is 0. The maximum Gasteiger partial charge on any atom is 0.319 e. The first-order valence-electron chi connectivity index (χ1n) is 6.01. The van der Waals surface area contributed by atoms with Gasteiger partial charge in [0.05, 0.1) is 5.69 Å². The number of urea groups is 1. The van der Waals surface area contributed by atoms with E-state index in [0.29, 0.717) is 28.3 Å². The van der Waals surface area contributed by atoms with E-state index in [4.69, 9.17) is 0 Å². The van der Waals surface area contributed by atoms with Gasteiger partial charge in [-0.25, -0.2) is 4.79 Å². The third-order valence-electron chi connectivity index (χ3n) is 2.71. The molecule has 0 bridgehead atoms. The van der Waals surface area contributed by atoms with E-state index in [2.05, 4.69) is 10.6 Å². The molecule has 2 amide bonds. The third-order valence-corrected chi connectivity index (χ3v) is 3.50. The van der Waals surface area contributed by atoms with Crippen LogP contribution in [0.15, 0.2) is 29.2 Å². The lowest BCUT2D eigenvalue weighted by molar-refractivity contribution is 0.245. The van der Waals surface area contributed by atoms with Gasteiger partial charge in [0.1, 0.15) is 0 Å². The number of carbonyl (C=O) groups excluding carboxylic acids is 1. The van der Waals surface area contributed by atoms with Gasteiger partial charge in [-0.1, -0.05) is 37.7 Å². The van der Waals surface area contributed by atoms with Crippen LogP contribution in [-0.4, -0.2) is 17.8 Å². The molecule has 2 N–H and O–H groups in total. The predicted molar refractivity (Wildman–Crippen MR) is 74.8 cm³/mol. The average Bonchev–Trinajstić information content (AvgIpc) is 2.30. The molecule has 0 saturated heterocycles. The molecule has 0 fully saturated rings. The van der Waals surface area contributed by atoms with Crippen LogP contribution in [0.1, 0.15) is 20.8 Å². The zero-order valence-electron chi connectivity index (χ0n) is 11.1. The van der Waals surface area contributed by atoms with Crippen molar-refractivity contribution in [2.24, 2.45) is 5.92 Å². The van der Waals surface area contributed by atoms with Crippen LogP contribution in [0, 0.1) is 5.92 Å². The lowest BCUT2D eigenvalue weighted by Gasteiger charge is -2.18. The van der Waals surface area contributed by atoms with Crippen LogP contribution < -0.4 is 10.6 Å². The Morgan fingerprint density at radius 3 is 2.42 bits per heavy atom. The van der Waals surface area contributed by atoms with E-state index in [1.807, 2.05) is 20.8 Å². The number of para-hydroxylation sites is 1. The number of rotatable bonds is 5. The van der Waals surface area contributed by atoms with Crippen molar-refractivity contribution >= 4 is 23.5 Å². The van der Waals surface area contributed by atoms with Gasteiger partial charge in [-0.15, -0.1) is 0 Å². The van der Waals surface area contributed by atoms with Gasteiger partial charge in [-0.2, -0.15) is 8.78 Å². The lowest BCUT2D eigenvalue weighted by atomic mass is 10.1. The number of amides is 2. The zero-order valence-corrected chi connectivity index (χ0v) is 11.9. The van der Waals surface area contributed by atoms with Crippen LogP contribution in [0.4, 0.5) is 19.3 Å². The molecule has 0 aromatic heterocycles. The smallest absolute Gasteiger partial charge is 0.319 e. The number of halogens is 2. The summed E-state index contributed by atoms with van der Waals surface area (Å²) >= 11 is 0.416. The third kappa shape index (κ3) is 5.46. The Kier molecular flexibility index (Phi) is 6.08. The van der Waals surface area contributed by atoms with E-state index in [0.717, 1.165) is 0 Å². The molecule has 0 saturated carbocycles. The lowest BCUT2D eigenvalue weighted by Crippen LogP contribution is -2.39. The highest BCUT2D eigenvalue weighted by Crippen LogP contribution is 2.31. The minimum Gasteiger partial charge on any atom is -0.335 e. The summed E-state index contributed by atoms with van der Waals surface area (Å²) in [5, 5.41) is 5.36. The molecular weight excluding hydrogens is 270 g/mol. The van der Waals surface area contributed by atoms with Crippen LogP contribution in [0.2, 0.25) is 0 Å². The Balaban J connectivity index is 2.68. The molecule has 1 atom stereocenters. The molecule has 1 rings (SSSR count). The molecule has 0 aliphatic heterocycles. The molecular formula is C13H18F2N2OS. The van der Waals surface area contributed by atoms with Crippen molar-refractivity contribution in [2.45, 2.75) is 37.5 Å². The fourth-order valence-electron chi connectivity index (χ4n) is 1.30. The second kappa shape index (κ2) is 7.33. The first-order valence-corrected chi connectivity index (χ1v) is 6.89. The minimum absolute atomic E-state index is 0.00918. The Morgan fingerprint density at radius 1 is 1.21 bits per heavy atom. The zero-order chi connectivity index (χ0) is 14.4. The molecule has 0 unspecified atom stereocenters. The van der Waals surface area contributed by atoms with Crippen LogP contribution in [-0.2, 0) is 0 Å². The molecule has 1 aromatic rings. The maximum absolute atomic E-state index is 12.4. The second-order valence-electron chi connectivity index (χ2n) is 4.51. The molecule has 1 aromatic carbocycles. The summed E-state index contributed by atoms with van der Waals surface area (Å²) < 4.78 is 24.8. The van der Waals surface area contributed by atoms with Gasteiger partial charge in [0.2, 0.25) is 0 Å². The fraction of sp³-hybridized carbons (Fsp3) is 0.462. The van der Waals surface area contributed by atoms with Crippen molar-refractivity contribution in [3.05, 3.63) is 24.3 Å². The number of anilines is 1. The van der Waals surface area contributed by atoms with Gasteiger partial charge in [0, 0.05) is 10.9 Å². The number of benzene rings is 1. The maximum atomic E-state index is 12.4. The highest BCUT2D eigenvalue weighted by atomic mass is 32.2. The van der Waals surface area contributed by atoms with Crippen LogP contribution in [0.3, 0.4) is 0 Å². The van der Waals surface area contributed by atoms with Crippen molar-refractivity contribution in [1.29, 1.82) is 0 Å². The number of hydrogen-bond acceptors (Lipinski definition) is 2. The van der Waals surface area contributed by atoms with E-state index in [9.17, 15) is 13.6 Å². The van der Waals surface area contributed by atoms with Crippen molar-refractivity contribution < 1.29 is 13.6 Å². The molecule has 106 valence electrons. The number of nitrogens with one attached hydrogen (secondary N) is 2. The van der Waals surface area contributed by atoms with Gasteiger partial charge in [0.25, 0.3) is 5.76 Å². The van der Waals surface area contributed by atoms with Crippen LogP contribution in [0.25, 0.3) is 0 Å². The second-order valence-corrected chi connectivity index (χ2v) is 5.54. The summed E-state index contributed by atoms with van der Waals surface area (Å²) in [5.41, 5.74) is 0.390. The molecule has 6 heteroatoms. The first kappa shape index (κ1) is 15.8. The highest BCUT2D eigenvalue weighted by molar-refractivity contribution is 7.99. The summed E-state index contributed by atoms with van der Waals surface area (Å²) in [5.74, 6) is -2.21. The number of carbonyl (C=O) groups is 1. The largest absolute Gasteiger partial charge is 0.335 e. The monoisotopic (exact) mass is 288 g/mol. The topological polar surface area (TPSA) is 41.1 Å². The van der Waals surface area contributed by atoms with E-state index in [-0.39, 0.29) is 12.1 Å². The first-order chi connectivity index (χ1) is 8.90. The summed E-state index contributed by atoms with van der Waals surface area (Å²) in [4.78, 5) is 12.1. The summed E-state index contributed by atoms with van der Waals surface area (Å²) in [6.45, 7) is 5.88. The van der Waals surface area contributed by atoms with Crippen molar-refractivity contribution in [3.8, 4) is 0 Å². The highest BCUT2D eigenvalue weighted by Gasteiger charge is 2.14. The van der Waals surface area contributed by atoms with Gasteiger partial charge in [-0.05, 0) is 25.0 Å². The van der Waals surface area contributed by atoms with E-state index >= 15 is 0 Å². The summed E-state index contributed by atoms with van der Waals surface area (Å²) in [6.07, 6.45) is 0. The van der Waals surface area contributed by atoms with Crippen molar-refractivity contribution in [1.82, 2.24) is 5.32 Å². The minimum atomic E-state index is -2.51. The average molecular weight is 288 g/mol. The SMILES string of the molecule is CC(C)[C@H](C)NC(=O)Nc1ccccc1SC(F)F. The molecule has 0 heterocycles. The number of thioether (sulfide) groups is 1. The predicted octanol–water partition coefficient (Wildman–Crippen LogP) is 4.17. The van der Waals surface area contributed by atoms with E-state index in [1.54, 1.807) is 24.3 Å². The van der Waals surface area contributed by atoms with Crippen molar-refractivity contribution in [3.63, 3.8) is 0 Å². The quantitative estimate of drug-likeness (QED) is 0.798. The van der Waals surface area contributed by atoms with Gasteiger partial charge in [0.15, 0.2) is 0 Å². The van der Waals surface area contributed by atoms with Gasteiger partial charge in [-0.3, -0.25) is 0 Å². The molecule has 0 aliphatic carbocycles. The van der Waals surface area contributed by atoms with E-state index < -0.39 is 5.76 Å². The van der Waals surface area contributed by atoms with Gasteiger partial charge >= 0.3 is 6.03 Å². The van der Waals surface area contributed by atoms with Crippen molar-refractivity contribution in [2.75, 3.05) is 5.32 Å². The van der Waals surface area contributed by atoms with Gasteiger partial charge < -0.3 is 10.6 Å². The Morgan fingerprint density at radius 2 is 1.84 bits per heavy atom. The van der Waals surface area contributed by atoms with Crippen LogP contribution in [0.5, 0.6) is 0 Å². The number of hydrogen-bond donors (Lipinski definition) is 2. The van der Waals surface area contributed by atoms with Crippen LogP contribution >= 0.6 is 11.8 Å². The number of alkyl halides is 2.